The maximum atomic E-state index is 11.2. The molecule has 2 atom stereocenters. The lowest BCUT2D eigenvalue weighted by atomic mass is 10.0. The molecule has 1 aliphatic carbocycles. The van der Waals surface area contributed by atoms with Crippen molar-refractivity contribution in [3.05, 3.63) is 95.4 Å². The van der Waals surface area contributed by atoms with Gasteiger partial charge in [0, 0.05) is 34.6 Å². The lowest BCUT2D eigenvalue weighted by molar-refractivity contribution is -0.138. The molecule has 0 bridgehead atoms. The van der Waals surface area contributed by atoms with Crippen LogP contribution >= 0.6 is 0 Å². The number of ether oxygens (including phenoxy) is 1. The first-order valence-corrected chi connectivity index (χ1v) is 11.6. The van der Waals surface area contributed by atoms with E-state index in [-0.39, 0.29) is 11.8 Å². The molecule has 3 aromatic carbocycles. The topological polar surface area (TPSA) is 104 Å². The number of aliphatic carboxylic acids is 1. The van der Waals surface area contributed by atoms with E-state index in [1.54, 1.807) is 0 Å². The van der Waals surface area contributed by atoms with E-state index < -0.39 is 5.97 Å². The molecule has 0 aliphatic heterocycles. The lowest BCUT2D eigenvalue weighted by Crippen LogP contribution is -1.99. The number of H-pyrrole nitrogens is 2. The molecule has 35 heavy (non-hydrogen) atoms. The minimum atomic E-state index is -0.716. The molecule has 174 valence electrons. The average Bonchev–Trinajstić information content (AvgIpc) is 3.29. The summed E-state index contributed by atoms with van der Waals surface area (Å²) >= 11 is 0. The Labute approximate surface area is 201 Å². The zero-order valence-corrected chi connectivity index (χ0v) is 19.2. The van der Waals surface area contributed by atoms with E-state index >= 15 is 0 Å². The molecule has 0 spiro atoms. The van der Waals surface area contributed by atoms with Crippen molar-refractivity contribution in [2.75, 3.05) is 0 Å². The number of nitrogens with zero attached hydrogens (tertiary/aromatic N) is 2. The summed E-state index contributed by atoms with van der Waals surface area (Å²) in [6.07, 6.45) is 3.23. The summed E-state index contributed by atoms with van der Waals surface area (Å²) in [4.78, 5) is 17.7. The van der Waals surface area contributed by atoms with Gasteiger partial charge in [-0.25, -0.2) is 0 Å². The van der Waals surface area contributed by atoms with Gasteiger partial charge in [0.25, 0.3) is 0 Å². The number of benzene rings is 3. The third kappa shape index (κ3) is 4.17. The first kappa shape index (κ1) is 21.2. The van der Waals surface area contributed by atoms with E-state index in [0.29, 0.717) is 18.7 Å². The summed E-state index contributed by atoms with van der Waals surface area (Å²) < 4.78 is 6.20. The number of aryl methyl sites for hydroxylation is 1. The quantitative estimate of drug-likeness (QED) is 0.281. The molecule has 7 nitrogen and oxygen atoms in total. The molecular weight excluding hydrogens is 440 g/mol. The Morgan fingerprint density at radius 2 is 1.97 bits per heavy atom. The van der Waals surface area contributed by atoms with Gasteiger partial charge in [-0.05, 0) is 60.7 Å². The van der Waals surface area contributed by atoms with Crippen molar-refractivity contribution in [2.45, 2.75) is 25.7 Å². The molecule has 1 saturated carbocycles. The fourth-order valence-corrected chi connectivity index (χ4v) is 4.68. The second-order valence-corrected chi connectivity index (χ2v) is 9.09. The highest BCUT2D eigenvalue weighted by Gasteiger charge is 2.44. The standard InChI is InChI=1S/C28H24N4O3/c1-16-21-10-11-29-24(21)8-9-25(16)35-20-7-3-6-19(14-20)27-30-26(31-32-27)13-17-4-2-5-18(12-17)22-15-23(22)28(33)34/h2-12,14,22-23,29H,13,15H2,1H3,(H,33,34)(H,30,31,32)/t22-,23+/m0/s1. The van der Waals surface area contributed by atoms with Crippen LogP contribution in [0.2, 0.25) is 0 Å². The van der Waals surface area contributed by atoms with Gasteiger partial charge in [-0.2, -0.15) is 0 Å². The summed E-state index contributed by atoms with van der Waals surface area (Å²) in [7, 11) is 0. The smallest absolute Gasteiger partial charge is 0.307 e. The number of rotatable bonds is 7. The van der Waals surface area contributed by atoms with Crippen LogP contribution in [0, 0.1) is 12.8 Å². The van der Waals surface area contributed by atoms with Crippen LogP contribution in [0.15, 0.2) is 72.9 Å². The summed E-state index contributed by atoms with van der Waals surface area (Å²) in [5.74, 6) is 2.10. The molecule has 0 saturated heterocycles. The van der Waals surface area contributed by atoms with Crippen molar-refractivity contribution in [1.29, 1.82) is 0 Å². The Morgan fingerprint density at radius 3 is 2.83 bits per heavy atom. The number of carboxylic acid groups (broad SMARTS) is 1. The molecular formula is C28H24N4O3. The van der Waals surface area contributed by atoms with Crippen LogP contribution in [0.25, 0.3) is 22.3 Å². The number of fused-ring (bicyclic) bond motifs is 1. The van der Waals surface area contributed by atoms with Gasteiger partial charge in [-0.15, -0.1) is 10.2 Å². The normalized spacial score (nSPS) is 16.9. The molecule has 6 rings (SSSR count). The Hall–Kier alpha value is -4.39. The summed E-state index contributed by atoms with van der Waals surface area (Å²) in [6.45, 7) is 2.05. The number of nitrogens with one attached hydrogen (secondary N) is 2. The summed E-state index contributed by atoms with van der Waals surface area (Å²) in [6, 6.07) is 21.9. The number of carbonyl (C=O) groups is 1. The first-order valence-electron chi connectivity index (χ1n) is 11.6. The highest BCUT2D eigenvalue weighted by atomic mass is 16.5. The first-order chi connectivity index (χ1) is 17.0. The minimum Gasteiger partial charge on any atom is -0.481 e. The maximum absolute atomic E-state index is 11.2. The fourth-order valence-electron chi connectivity index (χ4n) is 4.68. The van der Waals surface area contributed by atoms with Gasteiger partial charge in [0.2, 0.25) is 0 Å². The molecule has 3 N–H and O–H groups in total. The number of hydrogen-bond donors (Lipinski definition) is 3. The Balaban J connectivity index is 1.19. The highest BCUT2D eigenvalue weighted by Crippen LogP contribution is 2.47. The van der Waals surface area contributed by atoms with Crippen molar-refractivity contribution >= 4 is 16.9 Å². The van der Waals surface area contributed by atoms with Gasteiger partial charge in [-0.1, -0.05) is 36.4 Å². The second-order valence-electron chi connectivity index (χ2n) is 9.09. The molecule has 2 aromatic heterocycles. The van der Waals surface area contributed by atoms with Crippen LogP contribution in [-0.4, -0.2) is 31.2 Å². The van der Waals surface area contributed by atoms with Crippen LogP contribution in [0.5, 0.6) is 11.5 Å². The van der Waals surface area contributed by atoms with Crippen LogP contribution < -0.4 is 4.74 Å². The molecule has 7 heteroatoms. The molecule has 0 radical (unpaired) electrons. The molecule has 0 unspecified atom stereocenters. The number of hydrogen-bond acceptors (Lipinski definition) is 4. The molecule has 1 aliphatic rings. The highest BCUT2D eigenvalue weighted by molar-refractivity contribution is 5.85. The molecule has 0 amide bonds. The number of aromatic amines is 2. The van der Waals surface area contributed by atoms with Crippen molar-refractivity contribution in [3.8, 4) is 22.9 Å². The average molecular weight is 465 g/mol. The van der Waals surface area contributed by atoms with E-state index in [9.17, 15) is 9.90 Å². The van der Waals surface area contributed by atoms with E-state index in [4.69, 9.17) is 4.74 Å². The van der Waals surface area contributed by atoms with Crippen molar-refractivity contribution in [2.24, 2.45) is 5.92 Å². The van der Waals surface area contributed by atoms with Gasteiger partial charge >= 0.3 is 5.97 Å². The summed E-state index contributed by atoms with van der Waals surface area (Å²) in [5.41, 5.74) is 5.21. The predicted molar refractivity (Wildman–Crippen MR) is 133 cm³/mol. The zero-order chi connectivity index (χ0) is 23.9. The van der Waals surface area contributed by atoms with Crippen LogP contribution in [-0.2, 0) is 11.2 Å². The van der Waals surface area contributed by atoms with Crippen LogP contribution in [0.1, 0.15) is 34.9 Å². The number of aromatic nitrogens is 4. The van der Waals surface area contributed by atoms with Gasteiger partial charge in [0.05, 0.1) is 5.92 Å². The van der Waals surface area contributed by atoms with Crippen molar-refractivity contribution < 1.29 is 14.6 Å². The van der Waals surface area contributed by atoms with Gasteiger partial charge < -0.3 is 19.8 Å². The Kier molecular flexibility index (Phi) is 5.10. The van der Waals surface area contributed by atoms with Crippen LogP contribution in [0.4, 0.5) is 0 Å². The van der Waals surface area contributed by atoms with E-state index in [2.05, 4.69) is 39.2 Å². The van der Waals surface area contributed by atoms with E-state index in [1.807, 2.05) is 60.8 Å². The van der Waals surface area contributed by atoms with Gasteiger partial charge in [-0.3, -0.25) is 4.79 Å². The molecule has 1 fully saturated rings. The third-order valence-electron chi connectivity index (χ3n) is 6.68. The van der Waals surface area contributed by atoms with Crippen molar-refractivity contribution in [1.82, 2.24) is 20.2 Å². The number of carboxylic acids is 1. The zero-order valence-electron chi connectivity index (χ0n) is 19.2. The minimum absolute atomic E-state index is 0.113. The van der Waals surface area contributed by atoms with Crippen LogP contribution in [0.3, 0.4) is 0 Å². The lowest BCUT2D eigenvalue weighted by Gasteiger charge is -2.10. The van der Waals surface area contributed by atoms with Gasteiger partial charge in [0.15, 0.2) is 5.82 Å². The van der Waals surface area contributed by atoms with E-state index in [1.165, 1.54) is 0 Å². The van der Waals surface area contributed by atoms with E-state index in [0.717, 1.165) is 50.5 Å². The summed E-state index contributed by atoms with van der Waals surface area (Å²) in [5, 5.41) is 19.0. The fraction of sp³-hybridized carbons (Fsp3) is 0.179. The predicted octanol–water partition coefficient (Wildman–Crippen LogP) is 5.83. The Morgan fingerprint density at radius 1 is 1.09 bits per heavy atom. The third-order valence-corrected chi connectivity index (χ3v) is 6.68. The monoisotopic (exact) mass is 464 g/mol. The molecule has 2 heterocycles. The maximum Gasteiger partial charge on any atom is 0.307 e. The largest absolute Gasteiger partial charge is 0.481 e. The second kappa shape index (κ2) is 8.43. The molecule has 5 aromatic rings. The SMILES string of the molecule is Cc1c(Oc2cccc(-c3nnc(Cc4cccc([C@@H]5C[C@H]5C(=O)O)c4)[nH]3)c2)ccc2[nH]ccc12. The van der Waals surface area contributed by atoms with Crippen molar-refractivity contribution in [3.63, 3.8) is 0 Å². The van der Waals surface area contributed by atoms with Gasteiger partial charge in [0.1, 0.15) is 17.3 Å². The Bertz CT molecular complexity index is 1550.